The summed E-state index contributed by atoms with van der Waals surface area (Å²) in [4.78, 5) is 12.3. The highest BCUT2D eigenvalue weighted by Gasteiger charge is 2.18. The van der Waals surface area contributed by atoms with Crippen LogP contribution in [0.4, 0.5) is 11.4 Å². The topological polar surface area (TPSA) is 73.6 Å². The first-order chi connectivity index (χ1) is 11.6. The monoisotopic (exact) mass is 362 g/mol. The van der Waals surface area contributed by atoms with Gasteiger partial charge in [0.15, 0.2) is 11.5 Å². The van der Waals surface area contributed by atoms with Crippen LogP contribution in [0.1, 0.15) is 37.3 Å². The van der Waals surface area contributed by atoms with Gasteiger partial charge in [-0.1, -0.05) is 38.1 Å². The number of nitrogens with one attached hydrogen (secondary N) is 1. The average Bonchev–Trinajstić information content (AvgIpc) is 3.02. The second-order valence-electron chi connectivity index (χ2n) is 6.04. The van der Waals surface area contributed by atoms with Gasteiger partial charge in [-0.25, -0.2) is 0 Å². The predicted molar refractivity (Wildman–Crippen MR) is 102 cm³/mol. The number of halogens is 1. The Bertz CT molecular complexity index is 747. The summed E-state index contributed by atoms with van der Waals surface area (Å²) in [5.74, 6) is 1.26. The molecule has 0 aliphatic carbocycles. The van der Waals surface area contributed by atoms with E-state index < -0.39 is 0 Å². The third-order valence-electron chi connectivity index (χ3n) is 4.27. The first-order valence-electron chi connectivity index (χ1n) is 8.14. The molecule has 1 aliphatic rings. The average molecular weight is 363 g/mol. The second-order valence-corrected chi connectivity index (χ2v) is 6.04. The van der Waals surface area contributed by atoms with Crippen molar-refractivity contribution in [2.75, 3.05) is 17.8 Å². The van der Waals surface area contributed by atoms with Gasteiger partial charge in [-0.15, -0.1) is 12.4 Å². The van der Waals surface area contributed by atoms with Gasteiger partial charge in [0.2, 0.25) is 12.7 Å². The summed E-state index contributed by atoms with van der Waals surface area (Å²) in [6.45, 7) is 4.35. The second kappa shape index (κ2) is 8.12. The predicted octanol–water partition coefficient (Wildman–Crippen LogP) is 4.11. The van der Waals surface area contributed by atoms with E-state index in [-0.39, 0.29) is 31.0 Å². The molecule has 1 aliphatic heterocycles. The molecular weight excluding hydrogens is 340 g/mol. The highest BCUT2D eigenvalue weighted by Crippen LogP contribution is 2.38. The minimum atomic E-state index is -0.0763. The molecule has 0 aromatic heterocycles. The highest BCUT2D eigenvalue weighted by atomic mass is 35.5. The van der Waals surface area contributed by atoms with Crippen molar-refractivity contribution in [2.45, 2.75) is 32.6 Å². The van der Waals surface area contributed by atoms with Gasteiger partial charge in [-0.3, -0.25) is 4.79 Å². The molecule has 25 heavy (non-hydrogen) atoms. The van der Waals surface area contributed by atoms with Crippen molar-refractivity contribution in [2.24, 2.45) is 0 Å². The van der Waals surface area contributed by atoms with Crippen molar-refractivity contribution in [3.8, 4) is 11.5 Å². The maximum absolute atomic E-state index is 12.3. The number of benzene rings is 2. The Morgan fingerprint density at radius 1 is 1.20 bits per heavy atom. The standard InChI is InChI=1S/C19H22N2O3.ClH/c1-3-13-4-6-14(7-5-13)12(2)8-19(22)21-16-10-18-17(9-15(16)20)23-11-24-18;/h4-7,9-10,12H,3,8,11,20H2,1-2H3,(H,21,22);1H. The lowest BCUT2D eigenvalue weighted by Crippen LogP contribution is -2.15. The minimum Gasteiger partial charge on any atom is -0.454 e. The smallest absolute Gasteiger partial charge is 0.231 e. The fraction of sp³-hybridized carbons (Fsp3) is 0.316. The van der Waals surface area contributed by atoms with Crippen LogP contribution in [-0.2, 0) is 11.2 Å². The van der Waals surface area contributed by atoms with Gasteiger partial charge in [-0.05, 0) is 23.5 Å². The number of carbonyl (C=O) groups is 1. The van der Waals surface area contributed by atoms with E-state index in [1.165, 1.54) is 5.56 Å². The van der Waals surface area contributed by atoms with Crippen LogP contribution in [0.5, 0.6) is 11.5 Å². The first-order valence-corrected chi connectivity index (χ1v) is 8.14. The number of carbonyl (C=O) groups excluding carboxylic acids is 1. The largest absolute Gasteiger partial charge is 0.454 e. The van der Waals surface area contributed by atoms with Gasteiger partial charge in [0.25, 0.3) is 0 Å². The Morgan fingerprint density at radius 3 is 2.48 bits per heavy atom. The van der Waals surface area contributed by atoms with Crippen LogP contribution in [-0.4, -0.2) is 12.7 Å². The molecular formula is C19H23ClN2O3. The van der Waals surface area contributed by atoms with Crippen molar-refractivity contribution >= 4 is 29.7 Å². The van der Waals surface area contributed by atoms with Crippen LogP contribution in [0.15, 0.2) is 36.4 Å². The summed E-state index contributed by atoms with van der Waals surface area (Å²) in [7, 11) is 0. The number of fused-ring (bicyclic) bond motifs is 1. The summed E-state index contributed by atoms with van der Waals surface area (Å²) in [6, 6.07) is 11.8. The molecule has 2 aromatic carbocycles. The molecule has 1 unspecified atom stereocenters. The molecule has 3 rings (SSSR count). The zero-order valence-corrected chi connectivity index (χ0v) is 15.2. The van der Waals surface area contributed by atoms with Gasteiger partial charge in [0.1, 0.15) is 0 Å². The van der Waals surface area contributed by atoms with Crippen molar-refractivity contribution in [1.29, 1.82) is 0 Å². The lowest BCUT2D eigenvalue weighted by Gasteiger charge is -2.14. The number of amides is 1. The molecule has 1 amide bonds. The summed E-state index contributed by atoms with van der Waals surface area (Å²) < 4.78 is 10.6. The summed E-state index contributed by atoms with van der Waals surface area (Å²) in [6.07, 6.45) is 1.40. The lowest BCUT2D eigenvalue weighted by atomic mass is 9.96. The van der Waals surface area contributed by atoms with Crippen LogP contribution in [0.25, 0.3) is 0 Å². The number of aryl methyl sites for hydroxylation is 1. The Kier molecular flexibility index (Phi) is 6.15. The van der Waals surface area contributed by atoms with Crippen molar-refractivity contribution in [1.82, 2.24) is 0 Å². The van der Waals surface area contributed by atoms with E-state index in [9.17, 15) is 4.79 Å². The molecule has 0 saturated carbocycles. The molecule has 134 valence electrons. The SMILES string of the molecule is CCc1ccc(C(C)CC(=O)Nc2cc3c(cc2N)OCO3)cc1.Cl. The van der Waals surface area contributed by atoms with Crippen LogP contribution < -0.4 is 20.5 Å². The van der Waals surface area contributed by atoms with Crippen LogP contribution in [0.2, 0.25) is 0 Å². The molecule has 0 fully saturated rings. The molecule has 1 heterocycles. The molecule has 6 heteroatoms. The van der Waals surface area contributed by atoms with E-state index in [0.29, 0.717) is 29.3 Å². The van der Waals surface area contributed by atoms with E-state index in [4.69, 9.17) is 15.2 Å². The van der Waals surface area contributed by atoms with E-state index in [2.05, 4.69) is 36.5 Å². The molecule has 0 saturated heterocycles. The Morgan fingerprint density at radius 2 is 1.84 bits per heavy atom. The number of nitrogen functional groups attached to an aromatic ring is 1. The van der Waals surface area contributed by atoms with Crippen molar-refractivity contribution in [3.63, 3.8) is 0 Å². The zero-order valence-electron chi connectivity index (χ0n) is 14.4. The molecule has 5 nitrogen and oxygen atoms in total. The number of rotatable bonds is 5. The number of anilines is 2. The van der Waals surface area contributed by atoms with Crippen LogP contribution in [0, 0.1) is 0 Å². The molecule has 3 N–H and O–H groups in total. The number of nitrogens with two attached hydrogens (primary N) is 1. The Hall–Kier alpha value is -2.40. The van der Waals surface area contributed by atoms with E-state index >= 15 is 0 Å². The maximum atomic E-state index is 12.3. The molecule has 0 spiro atoms. The lowest BCUT2D eigenvalue weighted by molar-refractivity contribution is -0.116. The third-order valence-corrected chi connectivity index (χ3v) is 4.27. The molecule has 0 radical (unpaired) electrons. The fourth-order valence-electron chi connectivity index (χ4n) is 2.74. The Balaban J connectivity index is 0.00000225. The van der Waals surface area contributed by atoms with E-state index in [0.717, 1.165) is 12.0 Å². The van der Waals surface area contributed by atoms with E-state index in [1.807, 2.05) is 6.92 Å². The summed E-state index contributed by atoms with van der Waals surface area (Å²) >= 11 is 0. The summed E-state index contributed by atoms with van der Waals surface area (Å²) in [5, 5.41) is 2.86. The highest BCUT2D eigenvalue weighted by molar-refractivity contribution is 5.95. The number of ether oxygens (including phenoxy) is 2. The third kappa shape index (κ3) is 4.37. The van der Waals surface area contributed by atoms with Gasteiger partial charge in [0, 0.05) is 18.6 Å². The Labute approximate surface area is 153 Å². The number of hydrogen-bond donors (Lipinski definition) is 2. The zero-order chi connectivity index (χ0) is 17.1. The number of hydrogen-bond acceptors (Lipinski definition) is 4. The quantitative estimate of drug-likeness (QED) is 0.785. The van der Waals surface area contributed by atoms with Crippen LogP contribution >= 0.6 is 12.4 Å². The minimum absolute atomic E-state index is 0. The molecule has 1 atom stereocenters. The van der Waals surface area contributed by atoms with Gasteiger partial charge in [-0.2, -0.15) is 0 Å². The van der Waals surface area contributed by atoms with Gasteiger partial charge < -0.3 is 20.5 Å². The van der Waals surface area contributed by atoms with Crippen molar-refractivity contribution in [3.05, 3.63) is 47.5 Å². The van der Waals surface area contributed by atoms with Gasteiger partial charge in [0.05, 0.1) is 11.4 Å². The first kappa shape index (κ1) is 18.9. The van der Waals surface area contributed by atoms with Crippen LogP contribution in [0.3, 0.4) is 0 Å². The fourth-order valence-corrected chi connectivity index (χ4v) is 2.74. The van der Waals surface area contributed by atoms with Gasteiger partial charge >= 0.3 is 0 Å². The maximum Gasteiger partial charge on any atom is 0.231 e. The molecule has 2 aromatic rings. The van der Waals surface area contributed by atoms with Crippen molar-refractivity contribution < 1.29 is 14.3 Å². The summed E-state index contributed by atoms with van der Waals surface area (Å²) in [5.41, 5.74) is 9.43. The normalized spacial score (nSPS) is 13.0. The molecule has 0 bridgehead atoms. The van der Waals surface area contributed by atoms with E-state index in [1.54, 1.807) is 12.1 Å².